The Morgan fingerprint density at radius 2 is 2.00 bits per heavy atom. The zero-order chi connectivity index (χ0) is 14.8. The standard InChI is InChI=1S/C16H21N3O2/c1-2-11-18-15(20)13-9-6-10-17-14(13)19(16(18)21)12-7-4-3-5-8-12/h6,9-10,12H,2-5,7-8,11H2,1H3. The van der Waals surface area contributed by atoms with Crippen LogP contribution in [0.5, 0.6) is 0 Å². The van der Waals surface area contributed by atoms with E-state index in [1.165, 1.54) is 11.0 Å². The Morgan fingerprint density at radius 1 is 1.24 bits per heavy atom. The highest BCUT2D eigenvalue weighted by Gasteiger charge is 2.22. The molecular formula is C16H21N3O2. The zero-order valence-corrected chi connectivity index (χ0v) is 12.4. The number of fused-ring (bicyclic) bond motifs is 1. The normalized spacial score (nSPS) is 16.4. The fourth-order valence-electron chi connectivity index (χ4n) is 3.30. The Balaban J connectivity index is 2.30. The molecule has 2 aromatic rings. The molecule has 0 aliphatic heterocycles. The van der Waals surface area contributed by atoms with Crippen LogP contribution in [0.1, 0.15) is 51.5 Å². The molecule has 5 heteroatoms. The second-order valence-corrected chi connectivity index (χ2v) is 5.78. The molecule has 2 aromatic heterocycles. The van der Waals surface area contributed by atoms with Crippen LogP contribution in [0, 0.1) is 0 Å². The Hall–Kier alpha value is -1.91. The second-order valence-electron chi connectivity index (χ2n) is 5.78. The molecule has 0 unspecified atom stereocenters. The van der Waals surface area contributed by atoms with E-state index in [1.807, 2.05) is 6.92 Å². The van der Waals surface area contributed by atoms with Crippen LogP contribution in [0.2, 0.25) is 0 Å². The number of nitrogens with zero attached hydrogens (tertiary/aromatic N) is 3. The van der Waals surface area contributed by atoms with Gasteiger partial charge in [0, 0.05) is 18.8 Å². The quantitative estimate of drug-likeness (QED) is 0.871. The van der Waals surface area contributed by atoms with E-state index in [1.54, 1.807) is 22.9 Å². The van der Waals surface area contributed by atoms with Crippen LogP contribution < -0.4 is 11.2 Å². The highest BCUT2D eigenvalue weighted by Crippen LogP contribution is 2.28. The van der Waals surface area contributed by atoms with E-state index in [0.29, 0.717) is 17.6 Å². The minimum Gasteiger partial charge on any atom is -0.274 e. The number of hydrogen-bond donors (Lipinski definition) is 0. The molecule has 1 fully saturated rings. The maximum atomic E-state index is 12.8. The molecular weight excluding hydrogens is 266 g/mol. The SMILES string of the molecule is CCCn1c(=O)c2cccnc2n(C2CCCCC2)c1=O. The predicted octanol–water partition coefficient (Wildman–Crippen LogP) is 2.47. The highest BCUT2D eigenvalue weighted by atomic mass is 16.2. The minimum atomic E-state index is -0.211. The van der Waals surface area contributed by atoms with Gasteiger partial charge in [0.15, 0.2) is 0 Å². The van der Waals surface area contributed by atoms with Gasteiger partial charge >= 0.3 is 5.69 Å². The first kappa shape index (κ1) is 14.0. The summed E-state index contributed by atoms with van der Waals surface area (Å²) in [6.45, 7) is 2.44. The molecule has 112 valence electrons. The van der Waals surface area contributed by atoms with Crippen molar-refractivity contribution in [3.8, 4) is 0 Å². The van der Waals surface area contributed by atoms with E-state index >= 15 is 0 Å². The molecule has 5 nitrogen and oxygen atoms in total. The van der Waals surface area contributed by atoms with Gasteiger partial charge in [0.2, 0.25) is 0 Å². The van der Waals surface area contributed by atoms with Crippen molar-refractivity contribution < 1.29 is 0 Å². The van der Waals surface area contributed by atoms with Crippen molar-refractivity contribution in [2.24, 2.45) is 0 Å². The molecule has 0 amide bonds. The summed E-state index contributed by atoms with van der Waals surface area (Å²) in [5.74, 6) is 0. The fraction of sp³-hybridized carbons (Fsp3) is 0.562. The predicted molar refractivity (Wildman–Crippen MR) is 82.7 cm³/mol. The third-order valence-electron chi connectivity index (χ3n) is 4.31. The van der Waals surface area contributed by atoms with Crippen LogP contribution in [0.25, 0.3) is 11.0 Å². The summed E-state index contributed by atoms with van der Waals surface area (Å²) in [5, 5.41) is 0.552. The number of pyridine rings is 1. The molecule has 1 aliphatic carbocycles. The summed E-state index contributed by atoms with van der Waals surface area (Å²) >= 11 is 0. The lowest BCUT2D eigenvalue weighted by Crippen LogP contribution is -2.42. The van der Waals surface area contributed by atoms with Gasteiger partial charge in [-0.1, -0.05) is 26.2 Å². The minimum absolute atomic E-state index is 0.173. The van der Waals surface area contributed by atoms with Crippen LogP contribution in [0.4, 0.5) is 0 Å². The molecule has 1 aliphatic rings. The van der Waals surface area contributed by atoms with Crippen LogP contribution >= 0.6 is 0 Å². The van der Waals surface area contributed by atoms with Crippen LogP contribution in [-0.4, -0.2) is 14.1 Å². The lowest BCUT2D eigenvalue weighted by Gasteiger charge is -2.25. The van der Waals surface area contributed by atoms with Crippen LogP contribution in [0.3, 0.4) is 0 Å². The molecule has 2 heterocycles. The molecule has 3 rings (SSSR count). The van der Waals surface area contributed by atoms with Crippen molar-refractivity contribution in [2.45, 2.75) is 58.0 Å². The van der Waals surface area contributed by atoms with Gasteiger partial charge in [-0.25, -0.2) is 9.78 Å². The number of aromatic nitrogens is 3. The maximum Gasteiger partial charge on any atom is 0.332 e. The van der Waals surface area contributed by atoms with Crippen molar-refractivity contribution in [1.82, 2.24) is 14.1 Å². The van der Waals surface area contributed by atoms with E-state index < -0.39 is 0 Å². The van der Waals surface area contributed by atoms with Gasteiger partial charge in [0.25, 0.3) is 5.56 Å². The van der Waals surface area contributed by atoms with E-state index in [-0.39, 0.29) is 17.3 Å². The Bertz CT molecular complexity index is 754. The van der Waals surface area contributed by atoms with Crippen molar-refractivity contribution >= 4 is 11.0 Å². The average Bonchev–Trinajstić information content (AvgIpc) is 2.53. The summed E-state index contributed by atoms with van der Waals surface area (Å²) < 4.78 is 3.14. The molecule has 0 spiro atoms. The molecule has 0 saturated heterocycles. The van der Waals surface area contributed by atoms with Gasteiger partial charge in [-0.05, 0) is 31.4 Å². The summed E-state index contributed by atoms with van der Waals surface area (Å²) in [7, 11) is 0. The van der Waals surface area contributed by atoms with E-state index in [0.717, 1.165) is 32.1 Å². The van der Waals surface area contributed by atoms with Crippen molar-refractivity contribution in [3.63, 3.8) is 0 Å². The molecule has 0 radical (unpaired) electrons. The summed E-state index contributed by atoms with van der Waals surface area (Å²) in [4.78, 5) is 29.6. The lowest BCUT2D eigenvalue weighted by atomic mass is 9.95. The number of hydrogen-bond acceptors (Lipinski definition) is 3. The monoisotopic (exact) mass is 287 g/mol. The van der Waals surface area contributed by atoms with Gasteiger partial charge in [-0.2, -0.15) is 0 Å². The van der Waals surface area contributed by atoms with E-state index in [4.69, 9.17) is 0 Å². The Kier molecular flexibility index (Phi) is 3.90. The van der Waals surface area contributed by atoms with Crippen LogP contribution in [0.15, 0.2) is 27.9 Å². The van der Waals surface area contributed by atoms with Gasteiger partial charge in [-0.15, -0.1) is 0 Å². The van der Waals surface area contributed by atoms with Crippen molar-refractivity contribution in [2.75, 3.05) is 0 Å². The first-order chi connectivity index (χ1) is 10.2. The zero-order valence-electron chi connectivity index (χ0n) is 12.4. The molecule has 0 aromatic carbocycles. The second kappa shape index (κ2) is 5.84. The highest BCUT2D eigenvalue weighted by molar-refractivity contribution is 5.73. The van der Waals surface area contributed by atoms with Crippen LogP contribution in [-0.2, 0) is 6.54 Å². The average molecular weight is 287 g/mol. The maximum absolute atomic E-state index is 12.8. The summed E-state index contributed by atoms with van der Waals surface area (Å²) in [6, 6.07) is 3.71. The molecule has 1 saturated carbocycles. The first-order valence-electron chi connectivity index (χ1n) is 7.84. The van der Waals surface area contributed by atoms with Gasteiger partial charge < -0.3 is 0 Å². The lowest BCUT2D eigenvalue weighted by molar-refractivity contribution is 0.342. The molecule has 0 N–H and O–H groups in total. The fourth-order valence-corrected chi connectivity index (χ4v) is 3.30. The Labute approximate surface area is 123 Å². The number of rotatable bonds is 3. The third-order valence-corrected chi connectivity index (χ3v) is 4.31. The molecule has 21 heavy (non-hydrogen) atoms. The largest absolute Gasteiger partial charge is 0.332 e. The summed E-state index contributed by atoms with van der Waals surface area (Å²) in [6.07, 6.45) is 7.92. The smallest absolute Gasteiger partial charge is 0.274 e. The van der Waals surface area contributed by atoms with Gasteiger partial charge in [-0.3, -0.25) is 13.9 Å². The van der Waals surface area contributed by atoms with Gasteiger partial charge in [0.05, 0.1) is 5.39 Å². The van der Waals surface area contributed by atoms with Crippen molar-refractivity contribution in [1.29, 1.82) is 0 Å². The molecule has 0 bridgehead atoms. The summed E-state index contributed by atoms with van der Waals surface area (Å²) in [5.41, 5.74) is 0.142. The van der Waals surface area contributed by atoms with Gasteiger partial charge in [0.1, 0.15) is 5.65 Å². The topological polar surface area (TPSA) is 56.9 Å². The van der Waals surface area contributed by atoms with E-state index in [2.05, 4.69) is 4.98 Å². The first-order valence-corrected chi connectivity index (χ1v) is 7.84. The Morgan fingerprint density at radius 3 is 2.71 bits per heavy atom. The molecule has 0 atom stereocenters. The van der Waals surface area contributed by atoms with Crippen molar-refractivity contribution in [3.05, 3.63) is 39.2 Å². The van der Waals surface area contributed by atoms with E-state index in [9.17, 15) is 9.59 Å². The third kappa shape index (κ3) is 2.41.